The fourth-order valence-corrected chi connectivity index (χ4v) is 4.94. The molecular formula is C20H19ClF3N. The van der Waals surface area contributed by atoms with Gasteiger partial charge < -0.3 is 0 Å². The minimum atomic E-state index is -4.35. The molecule has 1 heterocycles. The van der Waals surface area contributed by atoms with Gasteiger partial charge in [-0.3, -0.25) is 4.90 Å². The largest absolute Gasteiger partial charge is 0.416 e. The van der Waals surface area contributed by atoms with Crippen molar-refractivity contribution in [3.63, 3.8) is 0 Å². The molecule has 4 rings (SSSR count). The number of hydrogen-bond acceptors (Lipinski definition) is 1. The maximum absolute atomic E-state index is 13.6. The predicted octanol–water partition coefficient (Wildman–Crippen LogP) is 5.89. The van der Waals surface area contributed by atoms with Gasteiger partial charge in [0.2, 0.25) is 0 Å². The minimum Gasteiger partial charge on any atom is -0.299 e. The lowest BCUT2D eigenvalue weighted by Crippen LogP contribution is -2.35. The first-order valence-corrected chi connectivity index (χ1v) is 8.91. The molecule has 0 spiro atoms. The average Bonchev–Trinajstić information content (AvgIpc) is 2.88. The van der Waals surface area contributed by atoms with Crippen molar-refractivity contribution in [3.8, 4) is 0 Å². The SMILES string of the molecule is CN1CCCC2C(c3ccccc3C(F)(F)F)c3cc(Cl)ccc3C21. The Kier molecular flexibility index (Phi) is 4.08. The van der Waals surface area contributed by atoms with Gasteiger partial charge in [-0.15, -0.1) is 0 Å². The van der Waals surface area contributed by atoms with Gasteiger partial charge in [-0.1, -0.05) is 35.9 Å². The van der Waals surface area contributed by atoms with E-state index in [9.17, 15) is 13.2 Å². The third kappa shape index (κ3) is 2.76. The van der Waals surface area contributed by atoms with Crippen molar-refractivity contribution < 1.29 is 13.2 Å². The van der Waals surface area contributed by atoms with Gasteiger partial charge in [-0.05, 0) is 67.2 Å². The summed E-state index contributed by atoms with van der Waals surface area (Å²) in [6, 6.07) is 11.9. The van der Waals surface area contributed by atoms with Crippen molar-refractivity contribution in [1.29, 1.82) is 0 Å². The molecule has 5 heteroatoms. The van der Waals surface area contributed by atoms with Crippen LogP contribution in [-0.2, 0) is 6.18 Å². The van der Waals surface area contributed by atoms with Crippen molar-refractivity contribution in [3.05, 3.63) is 69.7 Å². The summed E-state index contributed by atoms with van der Waals surface area (Å²) in [6.07, 6.45) is -2.42. The number of piperidine rings is 1. The van der Waals surface area contributed by atoms with Gasteiger partial charge in [0.25, 0.3) is 0 Å². The number of halogens is 4. The molecule has 3 atom stereocenters. The van der Waals surface area contributed by atoms with Crippen molar-refractivity contribution >= 4 is 11.6 Å². The molecule has 2 aromatic carbocycles. The van der Waals surface area contributed by atoms with E-state index in [1.165, 1.54) is 12.1 Å². The van der Waals surface area contributed by atoms with Gasteiger partial charge in [-0.2, -0.15) is 13.2 Å². The van der Waals surface area contributed by atoms with E-state index >= 15 is 0 Å². The highest BCUT2D eigenvalue weighted by atomic mass is 35.5. The van der Waals surface area contributed by atoms with Gasteiger partial charge in [0.05, 0.1) is 5.56 Å². The lowest BCUT2D eigenvalue weighted by atomic mass is 9.78. The molecule has 0 radical (unpaired) electrons. The zero-order valence-electron chi connectivity index (χ0n) is 13.9. The quantitative estimate of drug-likeness (QED) is 0.609. The zero-order valence-corrected chi connectivity index (χ0v) is 14.6. The summed E-state index contributed by atoms with van der Waals surface area (Å²) in [4.78, 5) is 2.27. The Labute approximate surface area is 150 Å². The number of benzene rings is 2. The molecule has 2 aromatic rings. The fourth-order valence-electron chi connectivity index (χ4n) is 4.76. The molecule has 1 fully saturated rings. The third-order valence-electron chi connectivity index (χ3n) is 5.66. The third-order valence-corrected chi connectivity index (χ3v) is 5.90. The molecular weight excluding hydrogens is 347 g/mol. The van der Waals surface area contributed by atoms with Crippen LogP contribution in [0.4, 0.5) is 13.2 Å². The highest BCUT2D eigenvalue weighted by Gasteiger charge is 2.47. The predicted molar refractivity (Wildman–Crippen MR) is 92.8 cm³/mol. The van der Waals surface area contributed by atoms with E-state index in [2.05, 4.69) is 11.9 Å². The Bertz CT molecular complexity index is 802. The molecule has 132 valence electrons. The van der Waals surface area contributed by atoms with Gasteiger partial charge >= 0.3 is 6.18 Å². The molecule has 25 heavy (non-hydrogen) atoms. The van der Waals surface area contributed by atoms with Crippen LogP contribution in [0.15, 0.2) is 42.5 Å². The number of alkyl halides is 3. The average molecular weight is 366 g/mol. The summed E-state index contributed by atoms with van der Waals surface area (Å²) >= 11 is 6.20. The van der Waals surface area contributed by atoms with E-state index in [1.54, 1.807) is 12.1 Å². The number of likely N-dealkylation sites (tertiary alicyclic amines) is 1. The Morgan fingerprint density at radius 3 is 2.56 bits per heavy atom. The summed E-state index contributed by atoms with van der Waals surface area (Å²) in [5, 5.41) is 0.578. The molecule has 0 aromatic heterocycles. The van der Waals surface area contributed by atoms with E-state index in [4.69, 9.17) is 11.6 Å². The van der Waals surface area contributed by atoms with Crippen LogP contribution in [0.3, 0.4) is 0 Å². The number of hydrogen-bond donors (Lipinski definition) is 0. The Balaban J connectivity index is 1.92. The maximum Gasteiger partial charge on any atom is 0.416 e. The normalized spacial score (nSPS) is 26.4. The van der Waals surface area contributed by atoms with Crippen LogP contribution in [0.1, 0.15) is 47.1 Å². The van der Waals surface area contributed by atoms with Crippen molar-refractivity contribution in [1.82, 2.24) is 4.90 Å². The monoisotopic (exact) mass is 365 g/mol. The minimum absolute atomic E-state index is 0.149. The molecule has 0 amide bonds. The molecule has 2 aliphatic rings. The first-order chi connectivity index (χ1) is 11.9. The van der Waals surface area contributed by atoms with E-state index in [0.717, 1.165) is 30.5 Å². The van der Waals surface area contributed by atoms with E-state index in [1.807, 2.05) is 18.2 Å². The van der Waals surface area contributed by atoms with Crippen LogP contribution >= 0.6 is 11.6 Å². The highest BCUT2D eigenvalue weighted by molar-refractivity contribution is 6.30. The molecule has 1 aliphatic heterocycles. The molecule has 1 nitrogen and oxygen atoms in total. The first-order valence-electron chi connectivity index (χ1n) is 8.53. The molecule has 1 aliphatic carbocycles. The fraction of sp³-hybridized carbons (Fsp3) is 0.400. The molecule has 3 unspecified atom stereocenters. The van der Waals surface area contributed by atoms with Crippen LogP contribution < -0.4 is 0 Å². The lowest BCUT2D eigenvalue weighted by molar-refractivity contribution is -0.138. The zero-order chi connectivity index (χ0) is 17.8. The van der Waals surface area contributed by atoms with Crippen LogP contribution in [0.2, 0.25) is 5.02 Å². The number of nitrogens with zero attached hydrogens (tertiary/aromatic N) is 1. The van der Waals surface area contributed by atoms with E-state index in [-0.39, 0.29) is 17.9 Å². The second kappa shape index (κ2) is 6.03. The first kappa shape index (κ1) is 16.9. The van der Waals surface area contributed by atoms with Gasteiger partial charge in [0, 0.05) is 17.0 Å². The van der Waals surface area contributed by atoms with E-state index < -0.39 is 11.7 Å². The lowest BCUT2D eigenvalue weighted by Gasteiger charge is -2.38. The summed E-state index contributed by atoms with van der Waals surface area (Å²) < 4.78 is 40.9. The second-order valence-electron chi connectivity index (χ2n) is 7.07. The molecule has 0 N–H and O–H groups in total. The van der Waals surface area contributed by atoms with Crippen molar-refractivity contribution in [2.75, 3.05) is 13.6 Å². The van der Waals surface area contributed by atoms with Crippen LogP contribution in [-0.4, -0.2) is 18.5 Å². The van der Waals surface area contributed by atoms with Crippen LogP contribution in [0.25, 0.3) is 0 Å². The van der Waals surface area contributed by atoms with E-state index in [0.29, 0.717) is 10.6 Å². The van der Waals surface area contributed by atoms with Crippen molar-refractivity contribution in [2.45, 2.75) is 31.0 Å². The Morgan fingerprint density at radius 2 is 1.80 bits per heavy atom. The molecule has 1 saturated heterocycles. The van der Waals surface area contributed by atoms with Gasteiger partial charge in [0.15, 0.2) is 0 Å². The summed E-state index contributed by atoms with van der Waals surface area (Å²) in [6.45, 7) is 0.969. The molecule has 0 bridgehead atoms. The highest BCUT2D eigenvalue weighted by Crippen LogP contribution is 2.56. The van der Waals surface area contributed by atoms with Gasteiger partial charge in [0.1, 0.15) is 0 Å². The van der Waals surface area contributed by atoms with Gasteiger partial charge in [-0.25, -0.2) is 0 Å². The van der Waals surface area contributed by atoms with Crippen LogP contribution in [0.5, 0.6) is 0 Å². The summed E-state index contributed by atoms with van der Waals surface area (Å²) in [7, 11) is 2.06. The number of fused-ring (bicyclic) bond motifs is 3. The second-order valence-corrected chi connectivity index (χ2v) is 7.50. The standard InChI is InChI=1S/C20H19ClF3N/c1-25-10-4-6-15-18(14-5-2-3-7-17(14)20(22,23)24)16-11-12(21)8-9-13(16)19(15)25/h2-3,5,7-9,11,15,18-19H,4,6,10H2,1H3. The summed E-state index contributed by atoms with van der Waals surface area (Å²) in [5.41, 5.74) is 1.92. The van der Waals surface area contributed by atoms with Crippen LogP contribution in [0, 0.1) is 5.92 Å². The topological polar surface area (TPSA) is 3.24 Å². The maximum atomic E-state index is 13.6. The Morgan fingerprint density at radius 1 is 1.04 bits per heavy atom. The van der Waals surface area contributed by atoms with Crippen molar-refractivity contribution in [2.24, 2.45) is 5.92 Å². The molecule has 0 saturated carbocycles. The number of rotatable bonds is 1. The smallest absolute Gasteiger partial charge is 0.299 e. The summed E-state index contributed by atoms with van der Waals surface area (Å²) in [5.74, 6) is -0.116. The Hall–Kier alpha value is -1.52.